The molecule has 18 heavy (non-hydrogen) atoms. The zero-order valence-electron chi connectivity index (χ0n) is 10.8. The monoisotopic (exact) mass is 249 g/mol. The van der Waals surface area contributed by atoms with Crippen LogP contribution in [0.3, 0.4) is 0 Å². The van der Waals surface area contributed by atoms with E-state index in [9.17, 15) is 4.79 Å². The van der Waals surface area contributed by atoms with E-state index in [1.54, 1.807) is 20.2 Å². The number of carbonyl (C=O) groups excluding carboxylic acids is 1. The lowest BCUT2D eigenvalue weighted by Crippen LogP contribution is -2.25. The van der Waals surface area contributed by atoms with E-state index in [0.717, 1.165) is 25.3 Å². The van der Waals surface area contributed by atoms with Crippen molar-refractivity contribution in [2.75, 3.05) is 38.6 Å². The van der Waals surface area contributed by atoms with Gasteiger partial charge in [-0.3, -0.25) is 4.79 Å². The van der Waals surface area contributed by atoms with E-state index in [2.05, 4.69) is 15.1 Å². The molecule has 1 atom stereocenters. The quantitative estimate of drug-likeness (QED) is 0.813. The average molecular weight is 249 g/mol. The van der Waals surface area contributed by atoms with Crippen LogP contribution in [0.1, 0.15) is 16.9 Å². The van der Waals surface area contributed by atoms with Crippen molar-refractivity contribution in [2.45, 2.75) is 6.42 Å². The van der Waals surface area contributed by atoms with Gasteiger partial charge in [-0.15, -0.1) is 10.2 Å². The van der Waals surface area contributed by atoms with Crippen LogP contribution < -0.4 is 10.6 Å². The Balaban J connectivity index is 2.06. The smallest absolute Gasteiger partial charge is 0.273 e. The van der Waals surface area contributed by atoms with Gasteiger partial charge in [0.25, 0.3) is 5.91 Å². The fourth-order valence-electron chi connectivity index (χ4n) is 2.07. The van der Waals surface area contributed by atoms with Crippen LogP contribution in [0.5, 0.6) is 0 Å². The van der Waals surface area contributed by atoms with E-state index >= 15 is 0 Å². The number of aromatic nitrogens is 2. The Bertz CT molecular complexity index is 417. The SMILES string of the molecule is CN(C)C(=O)c1ccc(N2CCC(CN)C2)nn1. The van der Waals surface area contributed by atoms with Gasteiger partial charge in [-0.25, -0.2) is 0 Å². The lowest BCUT2D eigenvalue weighted by molar-refractivity contribution is 0.0821. The Labute approximate surface area is 107 Å². The summed E-state index contributed by atoms with van der Waals surface area (Å²) in [6.07, 6.45) is 1.09. The lowest BCUT2D eigenvalue weighted by Gasteiger charge is -2.16. The molecular weight excluding hydrogens is 230 g/mol. The molecule has 1 unspecified atom stereocenters. The van der Waals surface area contributed by atoms with E-state index in [1.807, 2.05) is 6.07 Å². The molecule has 2 heterocycles. The van der Waals surface area contributed by atoms with Crippen molar-refractivity contribution in [1.29, 1.82) is 0 Å². The molecule has 0 aliphatic carbocycles. The average Bonchev–Trinajstić information content (AvgIpc) is 2.86. The van der Waals surface area contributed by atoms with Crippen LogP contribution in [0.15, 0.2) is 12.1 Å². The van der Waals surface area contributed by atoms with E-state index in [-0.39, 0.29) is 5.91 Å². The zero-order valence-corrected chi connectivity index (χ0v) is 10.8. The van der Waals surface area contributed by atoms with Gasteiger partial charge in [-0.05, 0) is 31.0 Å². The first-order valence-corrected chi connectivity index (χ1v) is 6.12. The predicted molar refractivity (Wildman–Crippen MR) is 69.4 cm³/mol. The molecular formula is C12H19N5O. The molecule has 0 radical (unpaired) electrons. The lowest BCUT2D eigenvalue weighted by atomic mass is 10.1. The zero-order chi connectivity index (χ0) is 13.1. The highest BCUT2D eigenvalue weighted by Gasteiger charge is 2.22. The molecule has 1 fully saturated rings. The summed E-state index contributed by atoms with van der Waals surface area (Å²) in [5, 5.41) is 8.10. The Kier molecular flexibility index (Phi) is 3.76. The fraction of sp³-hybridized carbons (Fsp3) is 0.583. The number of carbonyl (C=O) groups is 1. The number of nitrogens with two attached hydrogens (primary N) is 1. The van der Waals surface area contributed by atoms with Gasteiger partial charge in [0.15, 0.2) is 11.5 Å². The third-order valence-corrected chi connectivity index (χ3v) is 3.22. The van der Waals surface area contributed by atoms with Crippen molar-refractivity contribution in [3.8, 4) is 0 Å². The Hall–Kier alpha value is -1.69. The molecule has 1 aliphatic heterocycles. The highest BCUT2D eigenvalue weighted by Crippen LogP contribution is 2.20. The predicted octanol–water partition coefficient (Wildman–Crippen LogP) is -0.0366. The van der Waals surface area contributed by atoms with Crippen LogP contribution in [-0.4, -0.2) is 54.7 Å². The fourth-order valence-corrected chi connectivity index (χ4v) is 2.07. The molecule has 2 N–H and O–H groups in total. The van der Waals surface area contributed by atoms with Gasteiger partial charge < -0.3 is 15.5 Å². The van der Waals surface area contributed by atoms with Gasteiger partial charge in [0.2, 0.25) is 0 Å². The molecule has 98 valence electrons. The molecule has 0 aromatic carbocycles. The standard InChI is InChI=1S/C12H19N5O/c1-16(2)12(18)10-3-4-11(15-14-10)17-6-5-9(7-13)8-17/h3-4,9H,5-8,13H2,1-2H3. The van der Waals surface area contributed by atoms with Crippen molar-refractivity contribution >= 4 is 11.7 Å². The first-order chi connectivity index (χ1) is 8.61. The van der Waals surface area contributed by atoms with E-state index in [4.69, 9.17) is 5.73 Å². The first-order valence-electron chi connectivity index (χ1n) is 6.12. The Morgan fingerprint density at radius 3 is 2.78 bits per heavy atom. The van der Waals surface area contributed by atoms with Crippen molar-refractivity contribution < 1.29 is 4.79 Å². The molecule has 0 spiro atoms. The van der Waals surface area contributed by atoms with E-state index < -0.39 is 0 Å². The topological polar surface area (TPSA) is 75.4 Å². The second-order valence-electron chi connectivity index (χ2n) is 4.81. The molecule has 1 aromatic heterocycles. The maximum Gasteiger partial charge on any atom is 0.273 e. The molecule has 1 amide bonds. The van der Waals surface area contributed by atoms with E-state index in [1.165, 1.54) is 4.90 Å². The van der Waals surface area contributed by atoms with E-state index in [0.29, 0.717) is 18.2 Å². The van der Waals surface area contributed by atoms with Crippen molar-refractivity contribution in [1.82, 2.24) is 15.1 Å². The van der Waals surface area contributed by atoms with Gasteiger partial charge in [-0.1, -0.05) is 0 Å². The normalized spacial score (nSPS) is 19.1. The maximum absolute atomic E-state index is 11.7. The largest absolute Gasteiger partial charge is 0.355 e. The van der Waals surface area contributed by atoms with Gasteiger partial charge in [0.05, 0.1) is 0 Å². The molecule has 1 aromatic rings. The second kappa shape index (κ2) is 5.30. The minimum atomic E-state index is -0.129. The second-order valence-corrected chi connectivity index (χ2v) is 4.81. The molecule has 6 nitrogen and oxygen atoms in total. The van der Waals surface area contributed by atoms with Gasteiger partial charge in [0, 0.05) is 27.2 Å². The van der Waals surface area contributed by atoms with Crippen molar-refractivity contribution in [2.24, 2.45) is 11.7 Å². The summed E-state index contributed by atoms with van der Waals surface area (Å²) >= 11 is 0. The number of rotatable bonds is 3. The molecule has 6 heteroatoms. The summed E-state index contributed by atoms with van der Waals surface area (Å²) in [5.41, 5.74) is 6.03. The highest BCUT2D eigenvalue weighted by atomic mass is 16.2. The number of nitrogens with zero attached hydrogens (tertiary/aromatic N) is 4. The number of anilines is 1. The summed E-state index contributed by atoms with van der Waals surface area (Å²) in [4.78, 5) is 15.3. The van der Waals surface area contributed by atoms with Gasteiger partial charge in [0.1, 0.15) is 0 Å². The first kappa shape index (κ1) is 12.8. The third-order valence-electron chi connectivity index (χ3n) is 3.22. The van der Waals surface area contributed by atoms with Crippen LogP contribution in [-0.2, 0) is 0 Å². The molecule has 0 bridgehead atoms. The van der Waals surface area contributed by atoms with Crippen molar-refractivity contribution in [3.63, 3.8) is 0 Å². The summed E-state index contributed by atoms with van der Waals surface area (Å²) < 4.78 is 0. The molecule has 0 saturated carbocycles. The third kappa shape index (κ3) is 2.59. The van der Waals surface area contributed by atoms with Crippen LogP contribution in [0, 0.1) is 5.92 Å². The summed E-state index contributed by atoms with van der Waals surface area (Å²) in [5.74, 6) is 1.23. The molecule has 1 saturated heterocycles. The maximum atomic E-state index is 11.7. The highest BCUT2D eigenvalue weighted by molar-refractivity contribution is 5.91. The van der Waals surface area contributed by atoms with Gasteiger partial charge >= 0.3 is 0 Å². The minimum absolute atomic E-state index is 0.129. The summed E-state index contributed by atoms with van der Waals surface area (Å²) in [6.45, 7) is 2.59. The number of hydrogen-bond donors (Lipinski definition) is 1. The van der Waals surface area contributed by atoms with Crippen molar-refractivity contribution in [3.05, 3.63) is 17.8 Å². The Morgan fingerprint density at radius 2 is 2.28 bits per heavy atom. The van der Waals surface area contributed by atoms with Gasteiger partial charge in [-0.2, -0.15) is 0 Å². The van der Waals surface area contributed by atoms with Crippen LogP contribution >= 0.6 is 0 Å². The van der Waals surface area contributed by atoms with Crippen LogP contribution in [0.25, 0.3) is 0 Å². The Morgan fingerprint density at radius 1 is 1.50 bits per heavy atom. The molecule has 2 rings (SSSR count). The van der Waals surface area contributed by atoms with Crippen LogP contribution in [0.2, 0.25) is 0 Å². The minimum Gasteiger partial charge on any atom is -0.355 e. The summed E-state index contributed by atoms with van der Waals surface area (Å²) in [7, 11) is 3.40. The molecule has 1 aliphatic rings. The number of amides is 1. The summed E-state index contributed by atoms with van der Waals surface area (Å²) in [6, 6.07) is 3.57. The number of hydrogen-bond acceptors (Lipinski definition) is 5. The van der Waals surface area contributed by atoms with Crippen LogP contribution in [0.4, 0.5) is 5.82 Å².